The lowest BCUT2D eigenvalue weighted by atomic mass is 10.2. The van der Waals surface area contributed by atoms with Gasteiger partial charge in [0, 0.05) is 23.5 Å². The van der Waals surface area contributed by atoms with Crippen LogP contribution >= 0.6 is 11.8 Å². The van der Waals surface area contributed by atoms with Gasteiger partial charge in [-0.25, -0.2) is 4.39 Å². The van der Waals surface area contributed by atoms with Crippen LogP contribution in [0.3, 0.4) is 0 Å². The molecule has 2 N–H and O–H groups in total. The smallest absolute Gasteiger partial charge is 0.196 e. The van der Waals surface area contributed by atoms with E-state index in [-0.39, 0.29) is 5.82 Å². The number of halogens is 1. The van der Waals surface area contributed by atoms with E-state index in [0.29, 0.717) is 5.69 Å². The van der Waals surface area contributed by atoms with Gasteiger partial charge in [-0.3, -0.25) is 0 Å². The predicted octanol–water partition coefficient (Wildman–Crippen LogP) is 2.88. The molecule has 0 fully saturated rings. The van der Waals surface area contributed by atoms with Gasteiger partial charge < -0.3 is 10.3 Å². The summed E-state index contributed by atoms with van der Waals surface area (Å²) in [6, 6.07) is 4.44. The van der Waals surface area contributed by atoms with Gasteiger partial charge in [-0.2, -0.15) is 0 Å². The second kappa shape index (κ2) is 5.21. The minimum Gasteiger partial charge on any atom is -0.398 e. The van der Waals surface area contributed by atoms with Crippen molar-refractivity contribution >= 4 is 17.4 Å². The molecular weight excluding hydrogens is 263 g/mol. The van der Waals surface area contributed by atoms with Crippen LogP contribution < -0.4 is 5.73 Å². The van der Waals surface area contributed by atoms with Crippen molar-refractivity contribution in [3.05, 3.63) is 29.8 Å². The maximum Gasteiger partial charge on any atom is 0.196 e. The van der Waals surface area contributed by atoms with Crippen molar-refractivity contribution in [2.24, 2.45) is 0 Å². The van der Waals surface area contributed by atoms with E-state index >= 15 is 0 Å². The third-order valence-corrected chi connectivity index (χ3v) is 4.32. The molecule has 2 aromatic rings. The van der Waals surface area contributed by atoms with Crippen molar-refractivity contribution in [2.75, 3.05) is 5.73 Å². The van der Waals surface area contributed by atoms with Crippen LogP contribution in [0.4, 0.5) is 10.1 Å². The van der Waals surface area contributed by atoms with Gasteiger partial charge in [-0.05, 0) is 42.8 Å². The van der Waals surface area contributed by atoms with Crippen LogP contribution in [0.25, 0.3) is 0 Å². The maximum absolute atomic E-state index is 13.0. The molecule has 4 nitrogen and oxygen atoms in total. The standard InChI is InChI=1S/C13H15FN4S/c14-9-5-6-11(10(15)8-9)19-13-17-16-12-4-2-1-3-7-18(12)13/h5-6,8H,1-4,7,15H2. The molecule has 1 aromatic heterocycles. The second-order valence-electron chi connectivity index (χ2n) is 4.65. The zero-order chi connectivity index (χ0) is 13.2. The van der Waals surface area contributed by atoms with Crippen LogP contribution in [0.5, 0.6) is 0 Å². The number of benzene rings is 1. The third-order valence-electron chi connectivity index (χ3n) is 3.25. The van der Waals surface area contributed by atoms with Crippen molar-refractivity contribution in [2.45, 2.75) is 42.3 Å². The number of nitrogen functional groups attached to an aromatic ring is 1. The number of hydrogen-bond donors (Lipinski definition) is 1. The molecule has 0 aliphatic carbocycles. The van der Waals surface area contributed by atoms with E-state index in [2.05, 4.69) is 14.8 Å². The van der Waals surface area contributed by atoms with E-state index < -0.39 is 0 Å². The average molecular weight is 278 g/mol. The molecule has 0 amide bonds. The summed E-state index contributed by atoms with van der Waals surface area (Å²) in [5, 5.41) is 9.31. The Balaban J connectivity index is 1.89. The first-order valence-corrected chi connectivity index (χ1v) is 7.20. The largest absolute Gasteiger partial charge is 0.398 e. The average Bonchev–Trinajstić information content (AvgIpc) is 2.61. The molecule has 1 aromatic carbocycles. The fourth-order valence-electron chi connectivity index (χ4n) is 2.24. The lowest BCUT2D eigenvalue weighted by Gasteiger charge is -2.07. The first-order chi connectivity index (χ1) is 9.24. The zero-order valence-electron chi connectivity index (χ0n) is 10.5. The van der Waals surface area contributed by atoms with Gasteiger partial charge in [-0.15, -0.1) is 10.2 Å². The topological polar surface area (TPSA) is 56.7 Å². The Kier molecular flexibility index (Phi) is 3.42. The number of hydrogen-bond acceptors (Lipinski definition) is 4. The Morgan fingerprint density at radius 1 is 1.21 bits per heavy atom. The van der Waals surface area contributed by atoms with Crippen molar-refractivity contribution in [3.63, 3.8) is 0 Å². The van der Waals surface area contributed by atoms with Crippen LogP contribution in [0, 0.1) is 5.82 Å². The van der Waals surface area contributed by atoms with Gasteiger partial charge in [0.1, 0.15) is 11.6 Å². The molecule has 3 rings (SSSR count). The summed E-state index contributed by atoms with van der Waals surface area (Å²) in [6.07, 6.45) is 4.53. The SMILES string of the molecule is Nc1cc(F)ccc1Sc1nnc2n1CCCCC2. The van der Waals surface area contributed by atoms with E-state index in [1.165, 1.54) is 36.7 Å². The number of anilines is 1. The minimum absolute atomic E-state index is 0.318. The summed E-state index contributed by atoms with van der Waals surface area (Å²) in [4.78, 5) is 0.820. The van der Waals surface area contributed by atoms with Crippen molar-refractivity contribution in [3.8, 4) is 0 Å². The lowest BCUT2D eigenvalue weighted by Crippen LogP contribution is -2.02. The predicted molar refractivity (Wildman–Crippen MR) is 72.5 cm³/mol. The zero-order valence-corrected chi connectivity index (χ0v) is 11.3. The molecule has 0 radical (unpaired) electrons. The highest BCUT2D eigenvalue weighted by Crippen LogP contribution is 2.32. The molecule has 6 heteroatoms. The highest BCUT2D eigenvalue weighted by Gasteiger charge is 2.16. The number of nitrogens with two attached hydrogens (primary N) is 1. The molecule has 0 saturated carbocycles. The molecule has 0 atom stereocenters. The molecule has 19 heavy (non-hydrogen) atoms. The number of aryl methyl sites for hydroxylation is 1. The van der Waals surface area contributed by atoms with Gasteiger partial charge in [0.2, 0.25) is 0 Å². The third kappa shape index (κ3) is 2.58. The lowest BCUT2D eigenvalue weighted by molar-refractivity contribution is 0.591. The summed E-state index contributed by atoms with van der Waals surface area (Å²) in [7, 11) is 0. The van der Waals surface area contributed by atoms with E-state index in [4.69, 9.17) is 5.73 Å². The van der Waals surface area contributed by atoms with E-state index in [9.17, 15) is 4.39 Å². The van der Waals surface area contributed by atoms with Crippen LogP contribution in [0.1, 0.15) is 25.1 Å². The molecular formula is C13H15FN4S. The minimum atomic E-state index is -0.318. The summed E-state index contributed by atoms with van der Waals surface area (Å²) in [5.41, 5.74) is 6.27. The normalized spacial score (nSPS) is 15.0. The van der Waals surface area contributed by atoms with Gasteiger partial charge in [0.15, 0.2) is 5.16 Å². The summed E-state index contributed by atoms with van der Waals surface area (Å²) in [6.45, 7) is 0.950. The highest BCUT2D eigenvalue weighted by atomic mass is 32.2. The van der Waals surface area contributed by atoms with E-state index in [0.717, 1.165) is 35.3 Å². The van der Waals surface area contributed by atoms with Gasteiger partial charge in [0.05, 0.1) is 0 Å². The molecule has 0 saturated heterocycles. The van der Waals surface area contributed by atoms with Crippen molar-refractivity contribution in [1.82, 2.24) is 14.8 Å². The molecule has 100 valence electrons. The Labute approximate surface area is 115 Å². The molecule has 2 heterocycles. The number of fused-ring (bicyclic) bond motifs is 1. The Morgan fingerprint density at radius 2 is 2.11 bits per heavy atom. The van der Waals surface area contributed by atoms with Crippen LogP contribution in [-0.2, 0) is 13.0 Å². The molecule has 0 unspecified atom stereocenters. The van der Waals surface area contributed by atoms with Crippen molar-refractivity contribution < 1.29 is 4.39 Å². The maximum atomic E-state index is 13.0. The van der Waals surface area contributed by atoms with E-state index in [1.54, 1.807) is 6.07 Å². The molecule has 0 spiro atoms. The quantitative estimate of drug-likeness (QED) is 0.858. The van der Waals surface area contributed by atoms with E-state index in [1.807, 2.05) is 0 Å². The highest BCUT2D eigenvalue weighted by molar-refractivity contribution is 7.99. The fraction of sp³-hybridized carbons (Fsp3) is 0.385. The first kappa shape index (κ1) is 12.5. The number of rotatable bonds is 2. The number of nitrogens with zero attached hydrogens (tertiary/aromatic N) is 3. The van der Waals surface area contributed by atoms with Gasteiger partial charge in [-0.1, -0.05) is 6.42 Å². The molecule has 1 aliphatic rings. The van der Waals surface area contributed by atoms with Gasteiger partial charge >= 0.3 is 0 Å². The van der Waals surface area contributed by atoms with Crippen LogP contribution in [0.15, 0.2) is 28.3 Å². The second-order valence-corrected chi connectivity index (χ2v) is 5.65. The Hall–Kier alpha value is -1.56. The fourth-order valence-corrected chi connectivity index (χ4v) is 3.14. The Bertz CT molecular complexity index is 596. The van der Waals surface area contributed by atoms with Gasteiger partial charge in [0.25, 0.3) is 0 Å². The monoisotopic (exact) mass is 278 g/mol. The summed E-state index contributed by atoms with van der Waals surface area (Å²) in [5.74, 6) is 0.725. The van der Waals surface area contributed by atoms with Crippen molar-refractivity contribution in [1.29, 1.82) is 0 Å². The molecule has 0 bridgehead atoms. The first-order valence-electron chi connectivity index (χ1n) is 6.39. The number of aromatic nitrogens is 3. The summed E-state index contributed by atoms with van der Waals surface area (Å²) < 4.78 is 15.2. The summed E-state index contributed by atoms with van der Waals surface area (Å²) >= 11 is 1.45. The Morgan fingerprint density at radius 3 is 2.95 bits per heavy atom. The molecule has 1 aliphatic heterocycles. The van der Waals surface area contributed by atoms with Crippen LogP contribution in [0.2, 0.25) is 0 Å². The van der Waals surface area contributed by atoms with Crippen LogP contribution in [-0.4, -0.2) is 14.8 Å².